The molecule has 11 heteroatoms. The van der Waals surface area contributed by atoms with Crippen molar-refractivity contribution in [2.45, 2.75) is 4.90 Å². The average molecular weight is 479 g/mol. The molecule has 10 nitrogen and oxygen atoms in total. The van der Waals surface area contributed by atoms with Gasteiger partial charge in [-0.2, -0.15) is 13.7 Å². The van der Waals surface area contributed by atoms with Gasteiger partial charge < -0.3 is 14.2 Å². The lowest BCUT2D eigenvalue weighted by molar-refractivity contribution is -0.384. The Morgan fingerprint density at radius 1 is 1.06 bits per heavy atom. The highest BCUT2D eigenvalue weighted by molar-refractivity contribution is 7.87. The van der Waals surface area contributed by atoms with Gasteiger partial charge >= 0.3 is 10.1 Å². The molecule has 0 aliphatic rings. The van der Waals surface area contributed by atoms with Gasteiger partial charge in [-0.15, -0.1) is 0 Å². The Balaban J connectivity index is 1.77. The second kappa shape index (κ2) is 10.3. The number of nitriles is 1. The van der Waals surface area contributed by atoms with E-state index in [1.165, 1.54) is 61.7 Å². The summed E-state index contributed by atoms with van der Waals surface area (Å²) in [5, 5.41) is 23.0. The van der Waals surface area contributed by atoms with E-state index in [0.717, 1.165) is 6.07 Å². The zero-order valence-electron chi connectivity index (χ0n) is 17.7. The number of rotatable bonds is 8. The van der Waals surface area contributed by atoms with E-state index in [-0.39, 0.29) is 27.7 Å². The minimum atomic E-state index is -4.01. The third-order valence-corrected chi connectivity index (χ3v) is 5.71. The van der Waals surface area contributed by atoms with E-state index in [0.29, 0.717) is 5.56 Å². The first-order valence-corrected chi connectivity index (χ1v) is 11.0. The van der Waals surface area contributed by atoms with Crippen LogP contribution in [-0.2, 0) is 14.9 Å². The van der Waals surface area contributed by atoms with E-state index in [4.69, 9.17) is 8.92 Å². The number of carbonyl (C=O) groups excluding carboxylic acids is 1. The molecule has 3 rings (SSSR count). The van der Waals surface area contributed by atoms with Crippen molar-refractivity contribution in [2.75, 3.05) is 12.4 Å². The van der Waals surface area contributed by atoms with Crippen LogP contribution >= 0.6 is 0 Å². The largest absolute Gasteiger partial charge is 0.496 e. The van der Waals surface area contributed by atoms with Crippen LogP contribution in [0.4, 0.5) is 11.4 Å². The van der Waals surface area contributed by atoms with Gasteiger partial charge in [0.2, 0.25) is 0 Å². The number of hydrogen-bond donors (Lipinski definition) is 1. The van der Waals surface area contributed by atoms with Crippen molar-refractivity contribution in [3.8, 4) is 17.6 Å². The van der Waals surface area contributed by atoms with Gasteiger partial charge in [0.25, 0.3) is 11.6 Å². The van der Waals surface area contributed by atoms with Crippen molar-refractivity contribution in [1.29, 1.82) is 5.26 Å². The number of anilines is 1. The second-order valence-corrected chi connectivity index (χ2v) is 8.23. The van der Waals surface area contributed by atoms with Crippen molar-refractivity contribution in [3.05, 3.63) is 94.0 Å². The summed E-state index contributed by atoms with van der Waals surface area (Å²) < 4.78 is 34.6. The summed E-state index contributed by atoms with van der Waals surface area (Å²) in [5.41, 5.74) is -0.422. The van der Waals surface area contributed by atoms with Crippen molar-refractivity contribution in [3.63, 3.8) is 0 Å². The Bertz CT molecular complexity index is 1390. The van der Waals surface area contributed by atoms with Crippen LogP contribution in [-0.4, -0.2) is 26.4 Å². The fourth-order valence-electron chi connectivity index (χ4n) is 2.78. The van der Waals surface area contributed by atoms with E-state index in [1.54, 1.807) is 24.3 Å². The van der Waals surface area contributed by atoms with Gasteiger partial charge in [0.05, 0.1) is 18.1 Å². The maximum Gasteiger partial charge on any atom is 0.339 e. The molecule has 172 valence electrons. The summed E-state index contributed by atoms with van der Waals surface area (Å²) in [6.07, 6.45) is 1.25. The number of methoxy groups -OCH3 is 1. The zero-order chi connectivity index (χ0) is 24.7. The van der Waals surface area contributed by atoms with Crippen LogP contribution in [0.2, 0.25) is 0 Å². The van der Waals surface area contributed by atoms with Gasteiger partial charge in [-0.05, 0) is 48.0 Å². The van der Waals surface area contributed by atoms with E-state index >= 15 is 0 Å². The molecule has 0 radical (unpaired) electrons. The quantitative estimate of drug-likeness (QED) is 0.168. The summed E-state index contributed by atoms with van der Waals surface area (Å²) >= 11 is 0. The molecular weight excluding hydrogens is 462 g/mol. The maximum atomic E-state index is 12.5. The van der Waals surface area contributed by atoms with Crippen LogP contribution in [0.25, 0.3) is 6.08 Å². The summed E-state index contributed by atoms with van der Waals surface area (Å²) in [7, 11) is -2.67. The number of nitrogens with zero attached hydrogens (tertiary/aromatic N) is 2. The second-order valence-electron chi connectivity index (χ2n) is 6.68. The van der Waals surface area contributed by atoms with Crippen LogP contribution in [0.3, 0.4) is 0 Å². The first-order valence-electron chi connectivity index (χ1n) is 9.58. The molecule has 0 heterocycles. The first-order chi connectivity index (χ1) is 16.2. The molecule has 34 heavy (non-hydrogen) atoms. The highest BCUT2D eigenvalue weighted by Crippen LogP contribution is 2.29. The molecule has 0 aliphatic heterocycles. The Hall–Kier alpha value is -4.69. The van der Waals surface area contributed by atoms with Crippen LogP contribution in [0.5, 0.6) is 11.5 Å². The van der Waals surface area contributed by atoms with Gasteiger partial charge in [0, 0.05) is 0 Å². The SMILES string of the molecule is COc1ccc(NC(=O)/C(C#N)=C/c2ccc(OS(=O)(=O)c3ccccc3)cc2)c([N+](=O)[O-])c1. The molecule has 0 bridgehead atoms. The molecule has 1 N–H and O–H groups in total. The molecule has 0 saturated carbocycles. The molecule has 0 saturated heterocycles. The van der Waals surface area contributed by atoms with Crippen molar-refractivity contribution >= 4 is 33.5 Å². The van der Waals surface area contributed by atoms with E-state index in [1.807, 2.05) is 0 Å². The molecule has 3 aromatic rings. The summed E-state index contributed by atoms with van der Waals surface area (Å²) in [4.78, 5) is 23.1. The van der Waals surface area contributed by atoms with Gasteiger partial charge in [-0.1, -0.05) is 30.3 Å². The molecular formula is C23H17N3O7S. The number of hydrogen-bond acceptors (Lipinski definition) is 8. The number of ether oxygens (including phenoxy) is 1. The van der Waals surface area contributed by atoms with Gasteiger partial charge in [-0.25, -0.2) is 0 Å². The zero-order valence-corrected chi connectivity index (χ0v) is 18.5. The first kappa shape index (κ1) is 24.0. The smallest absolute Gasteiger partial charge is 0.339 e. The number of carbonyl (C=O) groups is 1. The Kier molecular flexibility index (Phi) is 7.25. The minimum Gasteiger partial charge on any atom is -0.496 e. The van der Waals surface area contributed by atoms with E-state index in [9.17, 15) is 28.6 Å². The van der Waals surface area contributed by atoms with Crippen molar-refractivity contribution in [2.24, 2.45) is 0 Å². The molecule has 0 aromatic heterocycles. The van der Waals surface area contributed by atoms with Crippen LogP contribution in [0, 0.1) is 21.4 Å². The monoisotopic (exact) mass is 479 g/mol. The molecule has 0 spiro atoms. The van der Waals surface area contributed by atoms with Gasteiger partial charge in [0.1, 0.15) is 33.7 Å². The van der Waals surface area contributed by atoms with Gasteiger partial charge in [0.15, 0.2) is 0 Å². The molecule has 3 aromatic carbocycles. The number of nitro groups is 1. The van der Waals surface area contributed by atoms with Crippen LogP contribution in [0.15, 0.2) is 83.3 Å². The summed E-state index contributed by atoms with van der Waals surface area (Å²) in [5.74, 6) is -0.585. The third kappa shape index (κ3) is 5.76. The maximum absolute atomic E-state index is 12.5. The molecule has 0 atom stereocenters. The number of amides is 1. The fraction of sp³-hybridized carbons (Fsp3) is 0.0435. The van der Waals surface area contributed by atoms with E-state index in [2.05, 4.69) is 5.32 Å². The van der Waals surface area contributed by atoms with E-state index < -0.39 is 26.6 Å². The predicted octanol–water partition coefficient (Wildman–Crippen LogP) is 3.92. The van der Waals surface area contributed by atoms with Crippen LogP contribution in [0.1, 0.15) is 5.56 Å². The molecule has 0 fully saturated rings. The predicted molar refractivity (Wildman–Crippen MR) is 123 cm³/mol. The van der Waals surface area contributed by atoms with Crippen molar-refractivity contribution in [1.82, 2.24) is 0 Å². The number of nitrogens with one attached hydrogen (secondary N) is 1. The van der Waals surface area contributed by atoms with Gasteiger partial charge in [-0.3, -0.25) is 14.9 Å². The summed E-state index contributed by atoms with van der Waals surface area (Å²) in [6, 6.07) is 18.9. The average Bonchev–Trinajstić information content (AvgIpc) is 2.84. The standard InChI is InChI=1S/C23H17N3O7S/c1-32-19-11-12-21(22(14-19)26(28)29)25-23(27)17(15-24)13-16-7-9-18(10-8-16)33-34(30,31)20-5-3-2-4-6-20/h2-14H,1H3,(H,25,27)/b17-13+. The number of benzene rings is 3. The minimum absolute atomic E-state index is 0.00460. The topological polar surface area (TPSA) is 149 Å². The lowest BCUT2D eigenvalue weighted by Gasteiger charge is -2.08. The number of nitro benzene ring substituents is 1. The third-order valence-electron chi connectivity index (χ3n) is 4.44. The Morgan fingerprint density at radius 3 is 2.29 bits per heavy atom. The van der Waals surface area contributed by atoms with Crippen molar-refractivity contribution < 1.29 is 27.1 Å². The Morgan fingerprint density at radius 2 is 1.71 bits per heavy atom. The van der Waals surface area contributed by atoms with Crippen LogP contribution < -0.4 is 14.2 Å². The normalized spacial score (nSPS) is 11.2. The lowest BCUT2D eigenvalue weighted by atomic mass is 10.1. The summed E-state index contributed by atoms with van der Waals surface area (Å²) in [6.45, 7) is 0. The molecule has 0 aliphatic carbocycles. The molecule has 0 unspecified atom stereocenters. The Labute approximate surface area is 194 Å². The fourth-order valence-corrected chi connectivity index (χ4v) is 3.73. The lowest BCUT2D eigenvalue weighted by Crippen LogP contribution is -2.14. The highest BCUT2D eigenvalue weighted by Gasteiger charge is 2.19. The molecule has 1 amide bonds. The highest BCUT2D eigenvalue weighted by atomic mass is 32.2.